The predicted octanol–water partition coefficient (Wildman–Crippen LogP) is 3.33. The Morgan fingerprint density at radius 2 is 1.63 bits per heavy atom. The Morgan fingerprint density at radius 3 is 2.24 bits per heavy atom. The van der Waals surface area contributed by atoms with Gasteiger partial charge in [0.25, 0.3) is 5.91 Å². The number of halogens is 4. The van der Waals surface area contributed by atoms with Crippen molar-refractivity contribution in [1.29, 1.82) is 0 Å². The molecule has 0 spiro atoms. The van der Waals surface area contributed by atoms with E-state index in [9.17, 15) is 41.4 Å². The van der Waals surface area contributed by atoms with Crippen LogP contribution < -0.4 is 10.6 Å². The van der Waals surface area contributed by atoms with Gasteiger partial charge in [-0.15, -0.1) is 0 Å². The van der Waals surface area contributed by atoms with Crippen LogP contribution >= 0.6 is 11.6 Å². The molecule has 2 bridgehead atoms. The lowest BCUT2D eigenvalue weighted by molar-refractivity contribution is 0.0572. The van der Waals surface area contributed by atoms with Gasteiger partial charge in [0.2, 0.25) is 0 Å². The van der Waals surface area contributed by atoms with Crippen molar-refractivity contribution in [1.82, 2.24) is 10.2 Å². The molecule has 3 amide bonds. The number of hydrogen-bond acceptors (Lipinski definition) is 6. The van der Waals surface area contributed by atoms with Gasteiger partial charge in [-0.2, -0.15) is 0 Å². The van der Waals surface area contributed by atoms with Crippen LogP contribution in [-0.2, 0) is 9.84 Å². The Bertz CT molecular complexity index is 1460. The molecule has 1 aliphatic heterocycles. The number of fused-ring (bicyclic) bond motifs is 2. The Morgan fingerprint density at radius 1 is 1.00 bits per heavy atom. The first-order chi connectivity index (χ1) is 19.3. The van der Waals surface area contributed by atoms with Crippen LogP contribution in [0.15, 0.2) is 35.2 Å². The van der Waals surface area contributed by atoms with Crippen molar-refractivity contribution in [3.05, 3.63) is 58.4 Å². The molecule has 0 radical (unpaired) electrons. The van der Waals surface area contributed by atoms with Crippen molar-refractivity contribution in [2.45, 2.75) is 54.6 Å². The standard InChI is InChI=1S/C27H29ClF3N3O6S/c1-12-4-14-5-16(9-17(12)25(14)33-27(38)34-10-21(35)22(36)11-34)41(39,40)23-6-13(2-3-18(23)28)26(37)32-15-7-19(29)24(31)20(30)8-15/h2-3,6-8,12,14,16-17,21-22,25,35-36H,4-5,9-11H2,1H3,(H,32,37)(H,33,38)/t12-,14?,16+,17?,21?,22?,25?/m0/s1. The number of carbonyl (C=O) groups excluding carboxylic acids is 2. The summed E-state index contributed by atoms with van der Waals surface area (Å²) in [6.45, 7) is 2.02. The lowest BCUT2D eigenvalue weighted by atomic mass is 9.82. The van der Waals surface area contributed by atoms with Gasteiger partial charge in [0.15, 0.2) is 27.3 Å². The highest BCUT2D eigenvalue weighted by Gasteiger charge is 2.51. The summed E-state index contributed by atoms with van der Waals surface area (Å²) in [6.07, 6.45) is -0.832. The van der Waals surface area contributed by atoms with Crippen molar-refractivity contribution < 1.29 is 41.4 Å². The molecule has 222 valence electrons. The summed E-state index contributed by atoms with van der Waals surface area (Å²) in [5.41, 5.74) is -0.486. The monoisotopic (exact) mass is 615 g/mol. The number of aliphatic hydroxyl groups excluding tert-OH is 2. The van der Waals surface area contributed by atoms with Gasteiger partial charge in [-0.1, -0.05) is 18.5 Å². The number of rotatable bonds is 5. The number of benzene rings is 2. The number of aliphatic hydroxyl groups is 2. The SMILES string of the molecule is C[C@H]1CC2C[C@@H](S(=O)(=O)c3cc(C(=O)Nc4cc(F)c(F)c(F)c4)ccc3Cl)CC1C2NC(=O)N1CC(O)C(O)C1. The van der Waals surface area contributed by atoms with E-state index in [1.807, 2.05) is 6.92 Å². The molecule has 5 rings (SSSR count). The van der Waals surface area contributed by atoms with E-state index < -0.39 is 56.7 Å². The van der Waals surface area contributed by atoms with Gasteiger partial charge >= 0.3 is 6.03 Å². The molecule has 7 atom stereocenters. The van der Waals surface area contributed by atoms with Gasteiger partial charge < -0.3 is 25.7 Å². The maximum atomic E-state index is 13.8. The highest BCUT2D eigenvalue weighted by molar-refractivity contribution is 7.92. The summed E-state index contributed by atoms with van der Waals surface area (Å²) in [5.74, 6) is -5.71. The first-order valence-electron chi connectivity index (χ1n) is 13.2. The summed E-state index contributed by atoms with van der Waals surface area (Å²) < 4.78 is 68.0. The fourth-order valence-electron chi connectivity index (χ4n) is 6.38. The third-order valence-corrected chi connectivity index (χ3v) is 11.1. The first kappa shape index (κ1) is 29.6. The van der Waals surface area contributed by atoms with E-state index in [0.717, 1.165) is 6.07 Å². The van der Waals surface area contributed by atoms with Crippen molar-refractivity contribution >= 4 is 39.1 Å². The van der Waals surface area contributed by atoms with E-state index in [4.69, 9.17) is 11.6 Å². The Labute approximate surface area is 239 Å². The van der Waals surface area contributed by atoms with Crippen molar-refractivity contribution in [2.24, 2.45) is 17.8 Å². The van der Waals surface area contributed by atoms with Gasteiger partial charge in [-0.25, -0.2) is 26.4 Å². The fraction of sp³-hybridized carbons (Fsp3) is 0.481. The van der Waals surface area contributed by atoms with Crippen LogP contribution in [0.5, 0.6) is 0 Å². The zero-order chi connectivity index (χ0) is 29.8. The van der Waals surface area contributed by atoms with Gasteiger partial charge in [-0.3, -0.25) is 4.79 Å². The Kier molecular flexibility index (Phi) is 8.01. The number of amides is 3. The molecule has 41 heavy (non-hydrogen) atoms. The topological polar surface area (TPSA) is 136 Å². The minimum atomic E-state index is -4.04. The van der Waals surface area contributed by atoms with Gasteiger partial charge in [0.05, 0.1) is 40.5 Å². The van der Waals surface area contributed by atoms with Crippen molar-refractivity contribution in [3.63, 3.8) is 0 Å². The number of sulfone groups is 1. The number of hydrogen-bond donors (Lipinski definition) is 4. The molecule has 2 aliphatic carbocycles. The zero-order valence-electron chi connectivity index (χ0n) is 21.9. The quantitative estimate of drug-likeness (QED) is 0.381. The van der Waals surface area contributed by atoms with Crippen LogP contribution in [0.2, 0.25) is 5.02 Å². The largest absolute Gasteiger partial charge is 0.388 e. The van der Waals surface area contributed by atoms with Crippen molar-refractivity contribution in [3.8, 4) is 0 Å². The molecule has 14 heteroatoms. The molecule has 9 nitrogen and oxygen atoms in total. The second-order valence-electron chi connectivity index (χ2n) is 11.1. The van der Waals surface area contributed by atoms with Crippen LogP contribution in [0.3, 0.4) is 0 Å². The molecule has 3 aliphatic rings. The van der Waals surface area contributed by atoms with Crippen molar-refractivity contribution in [2.75, 3.05) is 18.4 Å². The number of urea groups is 1. The minimum Gasteiger partial charge on any atom is -0.388 e. The molecule has 5 unspecified atom stereocenters. The fourth-order valence-corrected chi connectivity index (χ4v) is 8.79. The van der Waals surface area contributed by atoms with Gasteiger partial charge in [0, 0.05) is 29.4 Å². The summed E-state index contributed by atoms with van der Waals surface area (Å²) >= 11 is 6.28. The molecule has 4 N–H and O–H groups in total. The maximum Gasteiger partial charge on any atom is 0.317 e. The number of likely N-dealkylation sites (tertiary alicyclic amines) is 1. The average molecular weight is 616 g/mol. The number of nitrogens with zero attached hydrogens (tertiary/aromatic N) is 1. The van der Waals surface area contributed by atoms with Crippen LogP contribution in [-0.4, -0.2) is 72.1 Å². The average Bonchev–Trinajstić information content (AvgIpc) is 3.32. The molecule has 0 aromatic heterocycles. The normalized spacial score (nSPS) is 29.4. The molecular weight excluding hydrogens is 587 g/mol. The molecule has 1 saturated heterocycles. The van der Waals surface area contributed by atoms with E-state index in [1.165, 1.54) is 17.0 Å². The second-order valence-corrected chi connectivity index (χ2v) is 13.7. The smallest absolute Gasteiger partial charge is 0.317 e. The van der Waals surface area contributed by atoms with Crippen LogP contribution in [0, 0.1) is 35.2 Å². The molecule has 2 aromatic carbocycles. The summed E-state index contributed by atoms with van der Waals surface area (Å²) in [7, 11) is -4.04. The summed E-state index contributed by atoms with van der Waals surface area (Å²) in [5, 5.41) is 23.8. The molecule has 2 saturated carbocycles. The summed E-state index contributed by atoms with van der Waals surface area (Å²) in [6, 6.07) is 4.13. The number of anilines is 1. The van der Waals surface area contributed by atoms with Gasteiger partial charge in [-0.05, 0) is 55.2 Å². The molecule has 1 heterocycles. The summed E-state index contributed by atoms with van der Waals surface area (Å²) in [4.78, 5) is 26.7. The zero-order valence-corrected chi connectivity index (χ0v) is 23.4. The van der Waals surface area contributed by atoms with Crippen LogP contribution in [0.25, 0.3) is 0 Å². The van der Waals surface area contributed by atoms with E-state index in [-0.39, 0.29) is 70.9 Å². The molecule has 2 aromatic rings. The highest BCUT2D eigenvalue weighted by Crippen LogP contribution is 2.49. The minimum absolute atomic E-state index is 0.00900. The van der Waals surface area contributed by atoms with E-state index in [1.54, 1.807) is 0 Å². The lowest BCUT2D eigenvalue weighted by Crippen LogP contribution is -2.52. The number of β-amino-alcohol motifs (C(OH)–C–C–N with tert-alkyl or cyclic N) is 2. The Hall–Kier alpha value is -2.87. The molecular formula is C27H29ClF3N3O6S. The lowest BCUT2D eigenvalue weighted by Gasteiger charge is -2.37. The van der Waals surface area contributed by atoms with Crippen LogP contribution in [0.4, 0.5) is 23.7 Å². The van der Waals surface area contributed by atoms with Crippen LogP contribution in [0.1, 0.15) is 36.5 Å². The third-order valence-electron chi connectivity index (χ3n) is 8.49. The van der Waals surface area contributed by atoms with E-state index in [2.05, 4.69) is 10.6 Å². The first-order valence-corrected chi connectivity index (χ1v) is 15.1. The Balaban J connectivity index is 1.32. The number of nitrogens with one attached hydrogen (secondary N) is 2. The predicted molar refractivity (Wildman–Crippen MR) is 143 cm³/mol. The van der Waals surface area contributed by atoms with E-state index >= 15 is 0 Å². The van der Waals surface area contributed by atoms with Gasteiger partial charge in [0.1, 0.15) is 0 Å². The third kappa shape index (κ3) is 5.64. The maximum absolute atomic E-state index is 13.8. The molecule has 3 fully saturated rings. The second kappa shape index (κ2) is 11.1. The van der Waals surface area contributed by atoms with E-state index in [0.29, 0.717) is 18.6 Å². The highest BCUT2D eigenvalue weighted by atomic mass is 35.5. The number of carbonyl (C=O) groups is 2.